The van der Waals surface area contributed by atoms with Gasteiger partial charge in [0.2, 0.25) is 5.95 Å². The molecule has 6 heteroatoms. The molecular weight excluding hydrogens is 257 g/mol. The Kier molecular flexibility index (Phi) is 3.54. The van der Waals surface area contributed by atoms with Gasteiger partial charge in [0.05, 0.1) is 12.5 Å². The number of hydrogen-bond donors (Lipinski definition) is 2. The number of hydrogen-bond acceptors (Lipinski definition) is 3. The molecule has 14 heavy (non-hydrogen) atoms. The Hall–Kier alpha value is -1.01. The van der Waals surface area contributed by atoms with Crippen molar-refractivity contribution in [2.24, 2.45) is 0 Å². The van der Waals surface area contributed by atoms with E-state index in [-0.39, 0.29) is 5.56 Å². The number of carboxylic acid groups (broad SMARTS) is 1. The third-order valence-corrected chi connectivity index (χ3v) is 1.99. The summed E-state index contributed by atoms with van der Waals surface area (Å²) >= 11 is 3.04. The Balaban J connectivity index is 2.93. The number of aliphatic carboxylic acids is 1. The molecule has 0 aliphatic carbocycles. The van der Waals surface area contributed by atoms with Crippen LogP contribution in [0.15, 0.2) is 16.7 Å². The van der Waals surface area contributed by atoms with Crippen LogP contribution in [0.2, 0.25) is 0 Å². The number of rotatable bonds is 3. The minimum Gasteiger partial charge on any atom is -0.481 e. The zero-order valence-electron chi connectivity index (χ0n) is 6.94. The molecule has 1 atom stereocenters. The van der Waals surface area contributed by atoms with Gasteiger partial charge < -0.3 is 10.2 Å². The van der Waals surface area contributed by atoms with Gasteiger partial charge in [0.25, 0.3) is 0 Å². The number of nitrogens with zero attached hydrogens (tertiary/aromatic N) is 1. The summed E-state index contributed by atoms with van der Waals surface area (Å²) in [7, 11) is 0. The summed E-state index contributed by atoms with van der Waals surface area (Å²) in [5.41, 5.74) is -0.123. The Morgan fingerprint density at radius 2 is 2.36 bits per heavy atom. The fraction of sp³-hybridized carbons (Fsp3) is 0.250. The lowest BCUT2D eigenvalue weighted by atomic mass is 10.1. The van der Waals surface area contributed by atoms with Gasteiger partial charge in [-0.1, -0.05) is 0 Å². The molecule has 0 saturated heterocycles. The zero-order valence-corrected chi connectivity index (χ0v) is 8.53. The van der Waals surface area contributed by atoms with Gasteiger partial charge >= 0.3 is 5.97 Å². The molecule has 1 heterocycles. The van der Waals surface area contributed by atoms with E-state index in [9.17, 15) is 14.3 Å². The van der Waals surface area contributed by atoms with E-state index in [0.717, 1.165) is 0 Å². The number of aromatic nitrogens is 1. The molecule has 76 valence electrons. The molecule has 0 amide bonds. The molecule has 1 aromatic heterocycles. The SMILES string of the molecule is O=C(O)C[C@@H](O)c1cc(Br)cnc1F. The Morgan fingerprint density at radius 3 is 2.93 bits per heavy atom. The largest absolute Gasteiger partial charge is 0.481 e. The number of pyridine rings is 1. The van der Waals surface area contributed by atoms with Crippen LogP contribution in [0.3, 0.4) is 0 Å². The summed E-state index contributed by atoms with van der Waals surface area (Å²) in [6.45, 7) is 0. The lowest BCUT2D eigenvalue weighted by molar-refractivity contribution is -0.139. The Labute approximate surface area is 87.5 Å². The van der Waals surface area contributed by atoms with Crippen LogP contribution < -0.4 is 0 Å². The monoisotopic (exact) mass is 263 g/mol. The summed E-state index contributed by atoms with van der Waals surface area (Å²) in [5.74, 6) is -2.06. The number of carboxylic acids is 1. The van der Waals surface area contributed by atoms with Gasteiger partial charge in [0.15, 0.2) is 0 Å². The van der Waals surface area contributed by atoms with Gasteiger partial charge in [-0.2, -0.15) is 4.39 Å². The average Bonchev–Trinajstić information content (AvgIpc) is 2.08. The molecule has 0 spiro atoms. The standard InChI is InChI=1S/C8H7BrFNO3/c9-4-1-5(8(10)11-3-4)6(12)2-7(13)14/h1,3,6,12H,2H2,(H,13,14)/t6-/m1/s1. The van der Waals surface area contributed by atoms with E-state index in [0.29, 0.717) is 4.47 Å². The van der Waals surface area contributed by atoms with Gasteiger partial charge in [0.1, 0.15) is 0 Å². The van der Waals surface area contributed by atoms with Crippen LogP contribution in [0.25, 0.3) is 0 Å². The zero-order chi connectivity index (χ0) is 10.7. The van der Waals surface area contributed by atoms with Crippen molar-refractivity contribution in [1.82, 2.24) is 4.98 Å². The van der Waals surface area contributed by atoms with Gasteiger partial charge in [-0.15, -0.1) is 0 Å². The van der Waals surface area contributed by atoms with Crippen LogP contribution in [0, 0.1) is 5.95 Å². The first kappa shape index (κ1) is 11.1. The van der Waals surface area contributed by atoms with Gasteiger partial charge in [-0.25, -0.2) is 4.98 Å². The summed E-state index contributed by atoms with van der Waals surface area (Å²) < 4.78 is 13.5. The predicted octanol–water partition coefficient (Wildman–Crippen LogP) is 1.49. The van der Waals surface area contributed by atoms with Gasteiger partial charge in [0, 0.05) is 16.2 Å². The fourth-order valence-electron chi connectivity index (χ4n) is 0.947. The minimum absolute atomic E-state index is 0.123. The smallest absolute Gasteiger partial charge is 0.306 e. The van der Waals surface area contributed by atoms with Crippen molar-refractivity contribution in [1.29, 1.82) is 0 Å². The van der Waals surface area contributed by atoms with Crippen molar-refractivity contribution < 1.29 is 19.4 Å². The van der Waals surface area contributed by atoms with E-state index in [4.69, 9.17) is 5.11 Å². The molecule has 2 N–H and O–H groups in total. The number of aliphatic hydroxyl groups is 1. The summed E-state index contributed by atoms with van der Waals surface area (Å²) in [6.07, 6.45) is -0.695. The van der Waals surface area contributed by atoms with E-state index >= 15 is 0 Å². The second-order valence-corrected chi connectivity index (χ2v) is 3.56. The minimum atomic E-state index is -1.38. The van der Waals surface area contributed by atoms with Gasteiger partial charge in [-0.05, 0) is 22.0 Å². The molecular formula is C8H7BrFNO3. The number of carbonyl (C=O) groups is 1. The number of halogens is 2. The molecule has 0 fully saturated rings. The third kappa shape index (κ3) is 2.74. The maximum absolute atomic E-state index is 13.0. The highest BCUT2D eigenvalue weighted by Crippen LogP contribution is 2.21. The fourth-order valence-corrected chi connectivity index (χ4v) is 1.30. The molecule has 0 unspecified atom stereocenters. The van der Waals surface area contributed by atoms with Crippen LogP contribution in [0.1, 0.15) is 18.1 Å². The number of aliphatic hydroxyl groups excluding tert-OH is 1. The van der Waals surface area contributed by atoms with Crippen LogP contribution in [0.4, 0.5) is 4.39 Å². The maximum atomic E-state index is 13.0. The van der Waals surface area contributed by atoms with Crippen LogP contribution in [0.5, 0.6) is 0 Å². The van der Waals surface area contributed by atoms with Crippen molar-refractivity contribution >= 4 is 21.9 Å². The Bertz CT molecular complexity index is 358. The summed E-state index contributed by atoms with van der Waals surface area (Å²) in [4.78, 5) is 13.6. The van der Waals surface area contributed by atoms with E-state index in [1.807, 2.05) is 0 Å². The average molecular weight is 264 g/mol. The lowest BCUT2D eigenvalue weighted by Gasteiger charge is -2.08. The predicted molar refractivity (Wildman–Crippen MR) is 49.1 cm³/mol. The molecule has 0 radical (unpaired) electrons. The van der Waals surface area contributed by atoms with E-state index in [2.05, 4.69) is 20.9 Å². The van der Waals surface area contributed by atoms with Crippen LogP contribution in [-0.4, -0.2) is 21.2 Å². The molecule has 0 aromatic carbocycles. The normalized spacial score (nSPS) is 12.5. The first-order valence-corrected chi connectivity index (χ1v) is 4.51. The van der Waals surface area contributed by atoms with Crippen molar-refractivity contribution in [2.75, 3.05) is 0 Å². The first-order valence-electron chi connectivity index (χ1n) is 3.71. The lowest BCUT2D eigenvalue weighted by Crippen LogP contribution is -2.08. The van der Waals surface area contributed by atoms with Crippen molar-refractivity contribution in [3.63, 3.8) is 0 Å². The maximum Gasteiger partial charge on any atom is 0.306 e. The van der Waals surface area contributed by atoms with E-state index in [1.165, 1.54) is 12.3 Å². The highest BCUT2D eigenvalue weighted by molar-refractivity contribution is 9.10. The summed E-state index contributed by atoms with van der Waals surface area (Å²) in [6, 6.07) is 1.30. The highest BCUT2D eigenvalue weighted by Gasteiger charge is 2.17. The highest BCUT2D eigenvalue weighted by atomic mass is 79.9. The molecule has 1 aromatic rings. The van der Waals surface area contributed by atoms with Crippen molar-refractivity contribution in [3.8, 4) is 0 Å². The van der Waals surface area contributed by atoms with Gasteiger partial charge in [-0.3, -0.25) is 4.79 Å². The third-order valence-electron chi connectivity index (χ3n) is 1.56. The van der Waals surface area contributed by atoms with Crippen LogP contribution >= 0.6 is 15.9 Å². The second kappa shape index (κ2) is 4.47. The molecule has 0 aliphatic rings. The van der Waals surface area contributed by atoms with E-state index in [1.54, 1.807) is 0 Å². The molecule has 0 bridgehead atoms. The molecule has 0 saturated carbocycles. The van der Waals surface area contributed by atoms with Crippen molar-refractivity contribution in [2.45, 2.75) is 12.5 Å². The second-order valence-electron chi connectivity index (χ2n) is 2.65. The Morgan fingerprint density at radius 1 is 1.71 bits per heavy atom. The first-order chi connectivity index (χ1) is 6.50. The molecule has 0 aliphatic heterocycles. The van der Waals surface area contributed by atoms with Crippen molar-refractivity contribution in [3.05, 3.63) is 28.2 Å². The van der Waals surface area contributed by atoms with Crippen LogP contribution in [-0.2, 0) is 4.79 Å². The summed E-state index contributed by atoms with van der Waals surface area (Å²) in [5, 5.41) is 17.7. The quantitative estimate of drug-likeness (QED) is 0.811. The van der Waals surface area contributed by atoms with E-state index < -0.39 is 24.4 Å². The topological polar surface area (TPSA) is 70.4 Å². The molecule has 1 rings (SSSR count). The molecule has 4 nitrogen and oxygen atoms in total.